The number of aryl methyl sites for hydroxylation is 1. The highest BCUT2D eigenvalue weighted by Crippen LogP contribution is 2.53. The molecule has 1 fully saturated rings. The van der Waals surface area contributed by atoms with E-state index in [-0.39, 0.29) is 112 Å². The fraction of sp³-hybridized carbons (Fsp3) is 0.483. The van der Waals surface area contributed by atoms with Gasteiger partial charge in [-0.25, -0.2) is 0 Å². The number of thioether (sulfide) groups is 1. The van der Waals surface area contributed by atoms with Crippen LogP contribution < -0.4 is 20.7 Å². The van der Waals surface area contributed by atoms with Crippen molar-refractivity contribution in [3.8, 4) is 5.75 Å². The van der Waals surface area contributed by atoms with Gasteiger partial charge in [0.25, 0.3) is 11.8 Å². The number of rotatable bonds is 26. The molecule has 0 aliphatic carbocycles. The molecule has 0 saturated carbocycles. The van der Waals surface area contributed by atoms with Crippen molar-refractivity contribution in [3.05, 3.63) is 111 Å². The Morgan fingerprint density at radius 3 is 2.27 bits per heavy atom. The van der Waals surface area contributed by atoms with Crippen molar-refractivity contribution in [1.29, 1.82) is 0 Å². The maximum Gasteiger partial charge on any atom is 0.306 e. The molecule has 6 amide bonds. The van der Waals surface area contributed by atoms with Crippen molar-refractivity contribution in [2.75, 3.05) is 63.3 Å². The number of benzene rings is 3. The number of carbonyl (C=O) groups excluding carboxylic acids is 7. The highest BCUT2D eigenvalue weighted by molar-refractivity contribution is 8.03. The first-order valence-corrected chi connectivity index (χ1v) is 28.5. The van der Waals surface area contributed by atoms with Gasteiger partial charge in [-0.2, -0.15) is 0 Å². The van der Waals surface area contributed by atoms with Crippen LogP contribution in [0.25, 0.3) is 0 Å². The quantitative estimate of drug-likeness (QED) is 0.0304. The molecule has 8 rings (SSSR count). The lowest BCUT2D eigenvalue weighted by atomic mass is 9.90. The van der Waals surface area contributed by atoms with E-state index in [9.17, 15) is 33.6 Å². The van der Waals surface area contributed by atoms with Crippen molar-refractivity contribution < 1.29 is 52.5 Å². The second kappa shape index (κ2) is 27.0. The van der Waals surface area contributed by atoms with Crippen LogP contribution in [0.3, 0.4) is 0 Å². The summed E-state index contributed by atoms with van der Waals surface area (Å²) in [6.45, 7) is 13.5. The van der Waals surface area contributed by atoms with Crippen LogP contribution in [0.4, 0.5) is 11.4 Å². The SMILES string of the molecule is CC1=C(C)C2C(c3ccc(Cl)cc3)=N[C@@H](CC(=O)Nc3ccccc3OCCOCCN(CCOCCNc3cccc4c3C(=O)N(C3CCC(=O)NC3=O)C4=O)C(=O)CCCCCCC(=O)OC(C)(C)C)c3nnc(C)n3C2S1. The minimum absolute atomic E-state index is 0.000950. The average molecular weight is 1140 g/mol. The van der Waals surface area contributed by atoms with Gasteiger partial charge in [0.15, 0.2) is 5.82 Å². The number of carbonyl (C=O) groups is 7. The number of anilines is 2. The van der Waals surface area contributed by atoms with Crippen LogP contribution in [0.15, 0.2) is 82.2 Å². The van der Waals surface area contributed by atoms with E-state index in [0.717, 1.165) is 34.8 Å². The summed E-state index contributed by atoms with van der Waals surface area (Å²) in [7, 11) is 0. The molecule has 5 heterocycles. The van der Waals surface area contributed by atoms with Crippen LogP contribution in [-0.4, -0.2) is 136 Å². The fourth-order valence-electron chi connectivity index (χ4n) is 10.1. The Hall–Kier alpha value is -6.94. The summed E-state index contributed by atoms with van der Waals surface area (Å²) in [5.41, 5.74) is 3.67. The lowest BCUT2D eigenvalue weighted by Gasteiger charge is -2.27. The van der Waals surface area contributed by atoms with Gasteiger partial charge < -0.3 is 34.5 Å². The molecule has 4 atom stereocenters. The highest BCUT2D eigenvalue weighted by atomic mass is 35.5. The van der Waals surface area contributed by atoms with Crippen LogP contribution in [0.2, 0.25) is 5.02 Å². The summed E-state index contributed by atoms with van der Waals surface area (Å²) >= 11 is 8.06. The number of imide groups is 2. The fourth-order valence-corrected chi connectivity index (χ4v) is 11.8. The number of aliphatic imine (C=N–C) groups is 1. The van der Waals surface area contributed by atoms with E-state index in [1.54, 1.807) is 40.9 Å². The number of aromatic nitrogens is 3. The van der Waals surface area contributed by atoms with Crippen LogP contribution >= 0.6 is 23.4 Å². The van der Waals surface area contributed by atoms with Gasteiger partial charge in [-0.1, -0.05) is 60.3 Å². The number of para-hydroxylation sites is 2. The Labute approximate surface area is 475 Å². The molecule has 3 unspecified atom stereocenters. The Bertz CT molecular complexity index is 3030. The van der Waals surface area contributed by atoms with Crippen molar-refractivity contribution >= 4 is 81.9 Å². The minimum Gasteiger partial charge on any atom is -0.489 e. The van der Waals surface area contributed by atoms with Gasteiger partial charge in [0.2, 0.25) is 23.6 Å². The Kier molecular flexibility index (Phi) is 20.0. The highest BCUT2D eigenvalue weighted by Gasteiger charge is 2.46. The van der Waals surface area contributed by atoms with Crippen molar-refractivity contribution in [1.82, 2.24) is 29.9 Å². The zero-order valence-electron chi connectivity index (χ0n) is 46.1. The van der Waals surface area contributed by atoms with Gasteiger partial charge in [0, 0.05) is 49.6 Å². The molecule has 4 aliphatic rings. The molecule has 20 nitrogen and oxygen atoms in total. The molecular weight excluding hydrogens is 1070 g/mol. The number of amides is 6. The van der Waals surface area contributed by atoms with Crippen LogP contribution in [0.1, 0.15) is 142 Å². The standard InChI is InChI=1S/C58H70ClN9O11S/c1-35-36(2)80-57-50(35)52(38-20-22-39(59)23-21-38)62-43(53-65-64-37(3)67(53)57)34-47(70)61-41-15-11-12-17-45(41)78-33-32-77-31-28-66(48(71)18-9-7-8-10-19-49(72)79-58(4,5)6)27-30-76-29-26-60-42-16-13-14-40-51(42)56(75)68(55(40)74)44-24-25-46(69)63-54(44)73/h11-17,20-23,43-44,50,57,60H,7-10,18-19,24-34H2,1-6H3,(H,61,70)(H,63,69,73)/t43-,44?,50?,57?/m0/s1. The summed E-state index contributed by atoms with van der Waals surface area (Å²) in [5, 5.41) is 18.0. The topological polar surface area (TPSA) is 242 Å². The van der Waals surface area contributed by atoms with E-state index < -0.39 is 41.3 Å². The van der Waals surface area contributed by atoms with Gasteiger partial charge >= 0.3 is 5.97 Å². The van der Waals surface area contributed by atoms with Crippen LogP contribution in [-0.2, 0) is 38.2 Å². The van der Waals surface area contributed by atoms with Crippen molar-refractivity contribution in [2.24, 2.45) is 10.9 Å². The summed E-state index contributed by atoms with van der Waals surface area (Å²) in [5.74, 6) is -1.16. The maximum absolute atomic E-state index is 14.0. The third-order valence-electron chi connectivity index (χ3n) is 14.1. The first kappa shape index (κ1) is 59.2. The molecule has 4 aliphatic heterocycles. The molecule has 426 valence electrons. The predicted octanol–water partition coefficient (Wildman–Crippen LogP) is 8.40. The molecule has 22 heteroatoms. The van der Waals surface area contributed by atoms with E-state index in [4.69, 9.17) is 35.5 Å². The van der Waals surface area contributed by atoms with Gasteiger partial charge in [-0.15, -0.1) is 22.0 Å². The third kappa shape index (κ3) is 14.7. The molecule has 1 saturated heterocycles. The molecule has 0 radical (unpaired) electrons. The lowest BCUT2D eigenvalue weighted by molar-refractivity contribution is -0.155. The van der Waals surface area contributed by atoms with E-state index in [1.165, 1.54) is 16.5 Å². The third-order valence-corrected chi connectivity index (χ3v) is 15.8. The summed E-state index contributed by atoms with van der Waals surface area (Å²) in [6.07, 6.45) is 3.54. The normalized spacial score (nSPS) is 18.7. The number of hydrogen-bond acceptors (Lipinski definition) is 16. The zero-order chi connectivity index (χ0) is 57.1. The molecule has 80 heavy (non-hydrogen) atoms. The largest absolute Gasteiger partial charge is 0.489 e. The molecular formula is C58H70ClN9O11S. The number of unbranched alkanes of at least 4 members (excludes halogenated alkanes) is 3. The van der Waals surface area contributed by atoms with Gasteiger partial charge in [0.1, 0.15) is 35.9 Å². The average Bonchev–Trinajstić information content (AvgIpc) is 4.11. The molecule has 3 aromatic carbocycles. The zero-order valence-corrected chi connectivity index (χ0v) is 47.7. The van der Waals surface area contributed by atoms with E-state index in [2.05, 4.69) is 44.6 Å². The van der Waals surface area contributed by atoms with Crippen LogP contribution in [0, 0.1) is 12.8 Å². The Morgan fingerprint density at radius 1 is 0.825 bits per heavy atom. The molecule has 3 N–H and O–H groups in total. The van der Waals surface area contributed by atoms with Gasteiger partial charge in [-0.3, -0.25) is 53.3 Å². The number of fused-ring (bicyclic) bond motifs is 4. The summed E-state index contributed by atoms with van der Waals surface area (Å²) in [4.78, 5) is 100. The second-order valence-corrected chi connectivity index (χ2v) is 22.8. The first-order chi connectivity index (χ1) is 38.4. The lowest BCUT2D eigenvalue weighted by Crippen LogP contribution is -2.54. The number of nitrogens with zero attached hydrogens (tertiary/aromatic N) is 6. The summed E-state index contributed by atoms with van der Waals surface area (Å²) < 4.78 is 25.6. The minimum atomic E-state index is -1.08. The van der Waals surface area contributed by atoms with Gasteiger partial charge in [-0.05, 0) is 108 Å². The number of piperidine rings is 1. The van der Waals surface area contributed by atoms with Crippen LogP contribution in [0.5, 0.6) is 5.75 Å². The Balaban J connectivity index is 0.822. The molecule has 0 bridgehead atoms. The van der Waals surface area contributed by atoms with E-state index in [0.29, 0.717) is 53.7 Å². The number of hydrogen-bond donors (Lipinski definition) is 3. The van der Waals surface area contributed by atoms with Crippen molar-refractivity contribution in [2.45, 2.75) is 122 Å². The maximum atomic E-state index is 14.0. The van der Waals surface area contributed by atoms with Crippen molar-refractivity contribution in [3.63, 3.8) is 0 Å². The van der Waals surface area contributed by atoms with E-state index in [1.807, 2.05) is 64.1 Å². The molecule has 1 aromatic heterocycles. The number of nitrogens with one attached hydrogen (secondary N) is 3. The summed E-state index contributed by atoms with van der Waals surface area (Å²) in [6, 6.07) is 17.9. The molecule has 4 aromatic rings. The predicted molar refractivity (Wildman–Crippen MR) is 303 cm³/mol. The first-order valence-electron chi connectivity index (χ1n) is 27.2. The number of halogens is 1. The van der Waals surface area contributed by atoms with E-state index >= 15 is 0 Å². The Morgan fingerprint density at radius 2 is 1.54 bits per heavy atom. The smallest absolute Gasteiger partial charge is 0.306 e. The van der Waals surface area contributed by atoms with Gasteiger partial charge in [0.05, 0.1) is 66.7 Å². The molecule has 0 spiro atoms. The number of ether oxygens (including phenoxy) is 4. The number of esters is 1. The second-order valence-electron chi connectivity index (χ2n) is 21.0. The monoisotopic (exact) mass is 1140 g/mol. The number of allylic oxidation sites excluding steroid dienone is 2.